The number of halogens is 2. The lowest BCUT2D eigenvalue weighted by Crippen LogP contribution is -2.17. The molecule has 136 valence electrons. The summed E-state index contributed by atoms with van der Waals surface area (Å²) in [6, 6.07) is 8.30. The van der Waals surface area contributed by atoms with Gasteiger partial charge in [0.15, 0.2) is 5.82 Å². The van der Waals surface area contributed by atoms with Crippen LogP contribution in [0.15, 0.2) is 60.1 Å². The Bertz CT molecular complexity index is 959. The van der Waals surface area contributed by atoms with Gasteiger partial charge in [0.2, 0.25) is 5.88 Å². The number of carbonyl (C=O) groups excluding carboxylic acids is 1. The Morgan fingerprint density at radius 1 is 1.04 bits per heavy atom. The van der Waals surface area contributed by atoms with Crippen LogP contribution < -0.4 is 10.2 Å². The molecule has 3 rings (SSSR count). The van der Waals surface area contributed by atoms with E-state index in [1.54, 1.807) is 31.3 Å². The largest absolute Gasteiger partial charge is 0.336 e. The van der Waals surface area contributed by atoms with Crippen LogP contribution in [0.25, 0.3) is 0 Å². The second kappa shape index (κ2) is 8.09. The highest BCUT2D eigenvalue weighted by Crippen LogP contribution is 2.14. The number of aromatic nitrogens is 3. The number of amides is 1. The van der Waals surface area contributed by atoms with E-state index in [0.29, 0.717) is 17.3 Å². The molecule has 3 aromatic rings. The average molecular weight is 369 g/mol. The molecule has 0 aliphatic carbocycles. The maximum atomic E-state index is 13.6. The molecule has 0 radical (unpaired) electrons. The molecule has 0 aliphatic rings. The van der Waals surface area contributed by atoms with Crippen molar-refractivity contribution < 1.29 is 18.4 Å². The summed E-state index contributed by atoms with van der Waals surface area (Å²) in [5.74, 6) is -2.54. The number of pyridine rings is 1. The standard InChI is InChI=1S/C18H13F2N5O2/c1-11(25-27-16-7-2-3-8-21-16)14-9-23-15(10-22-14)24-18(26)17-12(19)5-4-6-13(17)20/h2-10H,1H3,(H,23,24,26). The van der Waals surface area contributed by atoms with Crippen molar-refractivity contribution in [2.75, 3.05) is 5.32 Å². The number of carbonyl (C=O) groups is 1. The molecule has 0 bridgehead atoms. The number of anilines is 1. The zero-order chi connectivity index (χ0) is 19.2. The van der Waals surface area contributed by atoms with Gasteiger partial charge in [0, 0.05) is 12.3 Å². The molecule has 0 saturated carbocycles. The van der Waals surface area contributed by atoms with E-state index in [9.17, 15) is 13.6 Å². The first kappa shape index (κ1) is 18.1. The second-order valence-corrected chi connectivity index (χ2v) is 5.27. The second-order valence-electron chi connectivity index (χ2n) is 5.27. The highest BCUT2D eigenvalue weighted by Gasteiger charge is 2.17. The molecule has 2 heterocycles. The highest BCUT2D eigenvalue weighted by atomic mass is 19.1. The predicted molar refractivity (Wildman–Crippen MR) is 93.4 cm³/mol. The van der Waals surface area contributed by atoms with Crippen LogP contribution in [-0.2, 0) is 0 Å². The lowest BCUT2D eigenvalue weighted by atomic mass is 10.2. The summed E-state index contributed by atoms with van der Waals surface area (Å²) in [6.07, 6.45) is 4.15. The fourth-order valence-corrected chi connectivity index (χ4v) is 2.04. The molecule has 9 heteroatoms. The molecule has 1 N–H and O–H groups in total. The smallest absolute Gasteiger partial charge is 0.262 e. The number of nitrogens with zero attached hydrogens (tertiary/aromatic N) is 4. The van der Waals surface area contributed by atoms with Crippen LogP contribution in [0, 0.1) is 11.6 Å². The van der Waals surface area contributed by atoms with E-state index < -0.39 is 23.1 Å². The van der Waals surface area contributed by atoms with E-state index in [4.69, 9.17) is 4.84 Å². The molecule has 2 aromatic heterocycles. The first-order valence-corrected chi connectivity index (χ1v) is 7.75. The Morgan fingerprint density at radius 2 is 1.81 bits per heavy atom. The molecule has 7 nitrogen and oxygen atoms in total. The van der Waals surface area contributed by atoms with Gasteiger partial charge in [-0.1, -0.05) is 17.3 Å². The predicted octanol–water partition coefficient (Wildman–Crippen LogP) is 3.21. The molecule has 27 heavy (non-hydrogen) atoms. The third-order valence-corrected chi connectivity index (χ3v) is 3.37. The number of nitrogens with one attached hydrogen (secondary N) is 1. The van der Waals surface area contributed by atoms with Crippen molar-refractivity contribution in [3.05, 3.63) is 77.9 Å². The fourth-order valence-electron chi connectivity index (χ4n) is 2.04. The normalized spacial score (nSPS) is 11.1. The number of benzene rings is 1. The molecular formula is C18H13F2N5O2. The van der Waals surface area contributed by atoms with E-state index in [2.05, 4.69) is 25.4 Å². The van der Waals surface area contributed by atoms with E-state index in [0.717, 1.165) is 12.1 Å². The lowest BCUT2D eigenvalue weighted by molar-refractivity contribution is 0.101. The van der Waals surface area contributed by atoms with Gasteiger partial charge in [-0.05, 0) is 25.1 Å². The van der Waals surface area contributed by atoms with Crippen molar-refractivity contribution in [3.8, 4) is 5.88 Å². The van der Waals surface area contributed by atoms with Gasteiger partial charge in [0.05, 0.1) is 12.4 Å². The minimum absolute atomic E-state index is 0.0323. The molecule has 0 fully saturated rings. The van der Waals surface area contributed by atoms with Crippen LogP contribution in [0.2, 0.25) is 0 Å². The van der Waals surface area contributed by atoms with E-state index in [1.807, 2.05) is 0 Å². The zero-order valence-corrected chi connectivity index (χ0v) is 14.1. The van der Waals surface area contributed by atoms with E-state index >= 15 is 0 Å². The van der Waals surface area contributed by atoms with Crippen molar-refractivity contribution in [1.82, 2.24) is 15.0 Å². The topological polar surface area (TPSA) is 89.4 Å². The summed E-state index contributed by atoms with van der Waals surface area (Å²) in [7, 11) is 0. The van der Waals surface area contributed by atoms with Gasteiger partial charge in [-0.25, -0.2) is 23.7 Å². The van der Waals surface area contributed by atoms with Crippen LogP contribution in [0.4, 0.5) is 14.6 Å². The molecule has 0 atom stereocenters. The quantitative estimate of drug-likeness (QED) is 0.551. The van der Waals surface area contributed by atoms with Crippen molar-refractivity contribution >= 4 is 17.4 Å². The first-order chi connectivity index (χ1) is 13.0. The Hall–Kier alpha value is -3.75. The van der Waals surface area contributed by atoms with Crippen molar-refractivity contribution in [3.63, 3.8) is 0 Å². The molecule has 0 aliphatic heterocycles. The number of hydrogen-bond acceptors (Lipinski definition) is 6. The van der Waals surface area contributed by atoms with Crippen LogP contribution in [0.1, 0.15) is 23.0 Å². The van der Waals surface area contributed by atoms with Gasteiger partial charge in [-0.3, -0.25) is 4.79 Å². The monoisotopic (exact) mass is 369 g/mol. The summed E-state index contributed by atoms with van der Waals surface area (Å²) in [6.45, 7) is 1.65. The summed E-state index contributed by atoms with van der Waals surface area (Å²) >= 11 is 0. The molecule has 1 amide bonds. The molecule has 1 aromatic carbocycles. The minimum Gasteiger partial charge on any atom is -0.336 e. The van der Waals surface area contributed by atoms with Crippen LogP contribution in [-0.4, -0.2) is 26.6 Å². The maximum Gasteiger partial charge on any atom is 0.262 e. The summed E-state index contributed by atoms with van der Waals surface area (Å²) in [5.41, 5.74) is 0.122. The minimum atomic E-state index is -0.966. The Labute approximate surface area is 152 Å². The Balaban J connectivity index is 1.69. The van der Waals surface area contributed by atoms with Gasteiger partial charge >= 0.3 is 0 Å². The highest BCUT2D eigenvalue weighted by molar-refractivity contribution is 6.04. The average Bonchev–Trinajstić information content (AvgIpc) is 2.67. The van der Waals surface area contributed by atoms with Crippen LogP contribution in [0.5, 0.6) is 5.88 Å². The van der Waals surface area contributed by atoms with E-state index in [-0.39, 0.29) is 5.82 Å². The van der Waals surface area contributed by atoms with Crippen molar-refractivity contribution in [2.24, 2.45) is 5.16 Å². The Kier molecular flexibility index (Phi) is 5.41. The number of hydrogen-bond donors (Lipinski definition) is 1. The summed E-state index contributed by atoms with van der Waals surface area (Å²) < 4.78 is 27.3. The zero-order valence-electron chi connectivity index (χ0n) is 14.1. The van der Waals surface area contributed by atoms with Gasteiger partial charge in [-0.2, -0.15) is 0 Å². The van der Waals surface area contributed by atoms with Crippen molar-refractivity contribution in [1.29, 1.82) is 0 Å². The van der Waals surface area contributed by atoms with Gasteiger partial charge in [0.25, 0.3) is 5.91 Å². The van der Waals surface area contributed by atoms with E-state index in [1.165, 1.54) is 18.5 Å². The number of oxime groups is 1. The van der Waals surface area contributed by atoms with Gasteiger partial charge < -0.3 is 10.2 Å². The fraction of sp³-hybridized carbons (Fsp3) is 0.0556. The molecule has 0 unspecified atom stereocenters. The lowest BCUT2D eigenvalue weighted by Gasteiger charge is -2.06. The number of rotatable bonds is 5. The third-order valence-electron chi connectivity index (χ3n) is 3.37. The maximum absolute atomic E-state index is 13.6. The van der Waals surface area contributed by atoms with Crippen LogP contribution in [0.3, 0.4) is 0 Å². The Morgan fingerprint density at radius 3 is 2.44 bits per heavy atom. The third kappa shape index (κ3) is 4.46. The molecule has 0 spiro atoms. The first-order valence-electron chi connectivity index (χ1n) is 7.75. The SMILES string of the molecule is CC(=NOc1ccccn1)c1cnc(NC(=O)c2c(F)cccc2F)cn1. The van der Waals surface area contributed by atoms with Crippen molar-refractivity contribution in [2.45, 2.75) is 6.92 Å². The summed E-state index contributed by atoms with van der Waals surface area (Å²) in [4.78, 5) is 29.2. The van der Waals surface area contributed by atoms with Gasteiger partial charge in [-0.15, -0.1) is 0 Å². The van der Waals surface area contributed by atoms with Crippen LogP contribution >= 0.6 is 0 Å². The molecule has 0 saturated heterocycles. The van der Waals surface area contributed by atoms with Gasteiger partial charge in [0.1, 0.15) is 28.6 Å². The summed E-state index contributed by atoms with van der Waals surface area (Å²) in [5, 5.41) is 6.18. The molecular weight excluding hydrogens is 356 g/mol.